The number of alkyl halides is 1. The molecule has 17 heavy (non-hydrogen) atoms. The van der Waals surface area contributed by atoms with Gasteiger partial charge in [0.05, 0.1) is 4.90 Å². The van der Waals surface area contributed by atoms with E-state index in [9.17, 15) is 12.8 Å². The molecule has 96 valence electrons. The van der Waals surface area contributed by atoms with Crippen LogP contribution in [0.25, 0.3) is 0 Å². The average Bonchev–Trinajstić information content (AvgIpc) is 2.15. The van der Waals surface area contributed by atoms with Crippen LogP contribution in [0, 0.1) is 12.7 Å². The molecule has 0 bridgehead atoms. The van der Waals surface area contributed by atoms with Gasteiger partial charge >= 0.3 is 0 Å². The third-order valence-corrected chi connectivity index (χ3v) is 4.53. The molecule has 1 unspecified atom stereocenters. The molecule has 6 heteroatoms. The minimum atomic E-state index is -3.57. The highest BCUT2D eigenvalue weighted by molar-refractivity contribution is 9.09. The molecule has 1 atom stereocenters. The molecule has 0 aliphatic carbocycles. The van der Waals surface area contributed by atoms with E-state index in [0.29, 0.717) is 12.0 Å². The van der Waals surface area contributed by atoms with Gasteiger partial charge in [0.2, 0.25) is 10.0 Å². The molecule has 3 nitrogen and oxygen atoms in total. The van der Waals surface area contributed by atoms with E-state index in [4.69, 9.17) is 0 Å². The second-order valence-corrected chi connectivity index (χ2v) is 6.39. The van der Waals surface area contributed by atoms with Crippen LogP contribution in [0.4, 0.5) is 4.39 Å². The lowest BCUT2D eigenvalue weighted by Crippen LogP contribution is -2.33. The first-order valence-electron chi connectivity index (χ1n) is 5.21. The molecule has 0 fully saturated rings. The van der Waals surface area contributed by atoms with Crippen LogP contribution < -0.4 is 4.72 Å². The van der Waals surface area contributed by atoms with Crippen LogP contribution >= 0.6 is 15.9 Å². The molecule has 0 aliphatic heterocycles. The number of halogens is 2. The first-order valence-corrected chi connectivity index (χ1v) is 7.81. The molecule has 0 aromatic heterocycles. The zero-order valence-corrected chi connectivity index (χ0v) is 12.1. The van der Waals surface area contributed by atoms with Crippen LogP contribution in [0.2, 0.25) is 0 Å². The summed E-state index contributed by atoms with van der Waals surface area (Å²) in [5.74, 6) is -0.435. The van der Waals surface area contributed by atoms with Crippen LogP contribution in [0.3, 0.4) is 0 Å². The SMILES string of the molecule is Cc1cc(F)ccc1S(=O)(=O)NC(C)CCBr. The summed E-state index contributed by atoms with van der Waals surface area (Å²) in [6.07, 6.45) is 0.694. The predicted octanol–water partition coefficient (Wildman–Crippen LogP) is 2.59. The summed E-state index contributed by atoms with van der Waals surface area (Å²) >= 11 is 3.25. The van der Waals surface area contributed by atoms with Crippen LogP contribution in [-0.4, -0.2) is 19.8 Å². The Bertz CT molecular complexity index is 490. The van der Waals surface area contributed by atoms with Crippen molar-refractivity contribution in [1.29, 1.82) is 0 Å². The smallest absolute Gasteiger partial charge is 0.208 e. The molecule has 0 radical (unpaired) electrons. The Morgan fingerprint density at radius 2 is 2.12 bits per heavy atom. The van der Waals surface area contributed by atoms with Gasteiger partial charge in [-0.05, 0) is 44.0 Å². The van der Waals surface area contributed by atoms with Gasteiger partial charge in [0.1, 0.15) is 5.82 Å². The Balaban J connectivity index is 2.97. The molecule has 1 aromatic carbocycles. The van der Waals surface area contributed by atoms with Crippen molar-refractivity contribution >= 4 is 26.0 Å². The summed E-state index contributed by atoms with van der Waals surface area (Å²) in [7, 11) is -3.57. The van der Waals surface area contributed by atoms with Gasteiger partial charge in [-0.1, -0.05) is 15.9 Å². The largest absolute Gasteiger partial charge is 0.241 e. The summed E-state index contributed by atoms with van der Waals surface area (Å²) in [6.45, 7) is 3.37. The van der Waals surface area contributed by atoms with Gasteiger partial charge in [0, 0.05) is 11.4 Å². The second-order valence-electron chi connectivity index (χ2n) is 3.91. The van der Waals surface area contributed by atoms with Crippen LogP contribution in [0.1, 0.15) is 18.9 Å². The second kappa shape index (κ2) is 5.93. The Labute approximate surface area is 110 Å². The summed E-state index contributed by atoms with van der Waals surface area (Å²) in [6, 6.07) is 3.48. The highest BCUT2D eigenvalue weighted by atomic mass is 79.9. The Morgan fingerprint density at radius 3 is 2.65 bits per heavy atom. The number of aryl methyl sites for hydroxylation is 1. The van der Waals surface area contributed by atoms with Crippen molar-refractivity contribution in [3.05, 3.63) is 29.6 Å². The number of nitrogens with one attached hydrogen (secondary N) is 1. The number of hydrogen-bond acceptors (Lipinski definition) is 2. The molecule has 0 saturated carbocycles. The van der Waals surface area contributed by atoms with Gasteiger partial charge in [-0.25, -0.2) is 17.5 Å². The Morgan fingerprint density at radius 1 is 1.47 bits per heavy atom. The van der Waals surface area contributed by atoms with E-state index in [1.54, 1.807) is 13.8 Å². The van der Waals surface area contributed by atoms with Gasteiger partial charge in [-0.15, -0.1) is 0 Å². The molecule has 0 spiro atoms. The fourth-order valence-corrected chi connectivity index (χ4v) is 3.66. The lowest BCUT2D eigenvalue weighted by Gasteiger charge is -2.14. The van der Waals surface area contributed by atoms with Crippen molar-refractivity contribution in [1.82, 2.24) is 4.72 Å². The van der Waals surface area contributed by atoms with Crippen molar-refractivity contribution < 1.29 is 12.8 Å². The first-order chi connectivity index (χ1) is 7.86. The van der Waals surface area contributed by atoms with E-state index in [1.165, 1.54) is 12.1 Å². The van der Waals surface area contributed by atoms with E-state index in [-0.39, 0.29) is 10.9 Å². The molecule has 0 heterocycles. The van der Waals surface area contributed by atoms with E-state index in [0.717, 1.165) is 11.4 Å². The van der Waals surface area contributed by atoms with Crippen LogP contribution in [-0.2, 0) is 10.0 Å². The first kappa shape index (κ1) is 14.6. The van der Waals surface area contributed by atoms with E-state index >= 15 is 0 Å². The number of hydrogen-bond donors (Lipinski definition) is 1. The molecule has 1 aromatic rings. The number of rotatable bonds is 5. The zero-order chi connectivity index (χ0) is 13.1. The molecule has 1 rings (SSSR count). The predicted molar refractivity (Wildman–Crippen MR) is 69.3 cm³/mol. The van der Waals surface area contributed by atoms with Gasteiger partial charge in [0.25, 0.3) is 0 Å². The maximum Gasteiger partial charge on any atom is 0.241 e. The number of sulfonamides is 1. The average molecular weight is 324 g/mol. The van der Waals surface area contributed by atoms with Gasteiger partial charge < -0.3 is 0 Å². The van der Waals surface area contributed by atoms with Gasteiger partial charge in [-0.2, -0.15) is 0 Å². The van der Waals surface area contributed by atoms with Gasteiger partial charge in [-0.3, -0.25) is 0 Å². The summed E-state index contributed by atoms with van der Waals surface area (Å²) in [4.78, 5) is 0.125. The van der Waals surface area contributed by atoms with Crippen LogP contribution in [0.5, 0.6) is 0 Å². The highest BCUT2D eigenvalue weighted by Gasteiger charge is 2.19. The Hall–Kier alpha value is -0.460. The molecular formula is C11H15BrFNO2S. The van der Waals surface area contributed by atoms with Crippen molar-refractivity contribution in [3.8, 4) is 0 Å². The quantitative estimate of drug-likeness (QED) is 0.846. The Kier molecular flexibility index (Phi) is 5.09. The summed E-state index contributed by atoms with van der Waals surface area (Å²) in [5.41, 5.74) is 0.406. The normalized spacial score (nSPS) is 13.6. The fourth-order valence-electron chi connectivity index (χ4n) is 1.47. The lowest BCUT2D eigenvalue weighted by atomic mass is 10.2. The summed E-state index contributed by atoms with van der Waals surface area (Å²) in [5, 5.41) is 0.721. The number of benzene rings is 1. The molecule has 0 aliphatic rings. The minimum absolute atomic E-state index is 0.125. The monoisotopic (exact) mass is 323 g/mol. The van der Waals surface area contributed by atoms with Gasteiger partial charge in [0.15, 0.2) is 0 Å². The minimum Gasteiger partial charge on any atom is -0.208 e. The van der Waals surface area contributed by atoms with Crippen molar-refractivity contribution in [2.24, 2.45) is 0 Å². The van der Waals surface area contributed by atoms with Crippen molar-refractivity contribution in [3.63, 3.8) is 0 Å². The third kappa shape index (κ3) is 4.04. The lowest BCUT2D eigenvalue weighted by molar-refractivity contribution is 0.556. The van der Waals surface area contributed by atoms with Crippen molar-refractivity contribution in [2.75, 3.05) is 5.33 Å². The summed E-state index contributed by atoms with van der Waals surface area (Å²) < 4.78 is 39.5. The molecule has 0 amide bonds. The maximum absolute atomic E-state index is 12.9. The molecular weight excluding hydrogens is 309 g/mol. The zero-order valence-electron chi connectivity index (χ0n) is 9.70. The topological polar surface area (TPSA) is 46.2 Å². The third-order valence-electron chi connectivity index (χ3n) is 2.32. The molecule has 0 saturated heterocycles. The maximum atomic E-state index is 12.9. The fraction of sp³-hybridized carbons (Fsp3) is 0.455. The van der Waals surface area contributed by atoms with E-state index < -0.39 is 15.8 Å². The molecule has 1 N–H and O–H groups in total. The van der Waals surface area contributed by atoms with Crippen molar-refractivity contribution in [2.45, 2.75) is 31.2 Å². The highest BCUT2D eigenvalue weighted by Crippen LogP contribution is 2.16. The van der Waals surface area contributed by atoms with E-state index in [1.807, 2.05) is 0 Å². The van der Waals surface area contributed by atoms with E-state index in [2.05, 4.69) is 20.7 Å². The van der Waals surface area contributed by atoms with Crippen LogP contribution in [0.15, 0.2) is 23.1 Å². The standard InChI is InChI=1S/C11H15BrFNO2S/c1-8-7-10(13)3-4-11(8)17(15,16)14-9(2)5-6-12/h3-4,7,9,14H,5-6H2,1-2H3.